The highest BCUT2D eigenvalue weighted by Crippen LogP contribution is 2.20. The smallest absolute Gasteiger partial charge is 0.239 e. The Balaban J connectivity index is 1.70. The van der Waals surface area contributed by atoms with E-state index < -0.39 is 0 Å². The number of carbonyl (C=O) groups excluding carboxylic acids is 1. The molecule has 0 saturated carbocycles. The predicted molar refractivity (Wildman–Crippen MR) is 113 cm³/mol. The summed E-state index contributed by atoms with van der Waals surface area (Å²) in [5, 5.41) is 6.80. The zero-order chi connectivity index (χ0) is 19.5. The normalized spacial score (nSPS) is 21.1. The molecule has 0 aromatic carbocycles. The summed E-state index contributed by atoms with van der Waals surface area (Å²) in [5.41, 5.74) is 1.59. The lowest BCUT2D eigenvalue weighted by molar-refractivity contribution is -0.133. The van der Waals surface area contributed by atoms with Gasteiger partial charge in [0.1, 0.15) is 0 Å². The summed E-state index contributed by atoms with van der Waals surface area (Å²) < 4.78 is 0. The van der Waals surface area contributed by atoms with Crippen molar-refractivity contribution in [2.75, 3.05) is 46.8 Å². The van der Waals surface area contributed by atoms with Gasteiger partial charge in [-0.15, -0.1) is 0 Å². The Kier molecular flexibility index (Phi) is 9.67. The van der Waals surface area contributed by atoms with Gasteiger partial charge in [0.25, 0.3) is 0 Å². The second-order valence-corrected chi connectivity index (χ2v) is 7.83. The molecule has 1 heterocycles. The summed E-state index contributed by atoms with van der Waals surface area (Å²) in [6.45, 7) is 6.69. The summed E-state index contributed by atoms with van der Waals surface area (Å²) in [4.78, 5) is 21.0. The molecule has 6 heteroatoms. The van der Waals surface area contributed by atoms with Crippen molar-refractivity contribution in [3.63, 3.8) is 0 Å². The molecule has 0 spiro atoms. The van der Waals surface area contributed by atoms with Gasteiger partial charge in [0.15, 0.2) is 5.96 Å². The van der Waals surface area contributed by atoms with E-state index in [0.717, 1.165) is 64.4 Å². The van der Waals surface area contributed by atoms with Gasteiger partial charge in [-0.25, -0.2) is 0 Å². The van der Waals surface area contributed by atoms with Gasteiger partial charge in [-0.2, -0.15) is 0 Å². The number of hydrogen-bond acceptors (Lipinski definition) is 3. The zero-order valence-corrected chi connectivity index (χ0v) is 17.6. The molecule has 0 bridgehead atoms. The SMILES string of the molecule is CCNC(=NCCCN1CCCC1C(=O)N(C)C)NCCC1=CCCCC1. The Labute approximate surface area is 165 Å². The highest BCUT2D eigenvalue weighted by molar-refractivity contribution is 5.81. The maximum atomic E-state index is 12.3. The van der Waals surface area contributed by atoms with Crippen LogP contribution >= 0.6 is 0 Å². The molecule has 1 amide bonds. The van der Waals surface area contributed by atoms with Crippen LogP contribution in [-0.2, 0) is 4.79 Å². The number of likely N-dealkylation sites (N-methyl/N-ethyl adjacent to an activating group) is 1. The van der Waals surface area contributed by atoms with Crippen LogP contribution in [0, 0.1) is 0 Å². The van der Waals surface area contributed by atoms with Crippen LogP contribution in [0.15, 0.2) is 16.6 Å². The lowest BCUT2D eigenvalue weighted by Crippen LogP contribution is -2.43. The number of hydrogen-bond donors (Lipinski definition) is 2. The van der Waals surface area contributed by atoms with Crippen molar-refractivity contribution in [2.24, 2.45) is 4.99 Å². The van der Waals surface area contributed by atoms with Crippen LogP contribution in [-0.4, -0.2) is 74.5 Å². The fraction of sp³-hybridized carbons (Fsp3) is 0.810. The molecular formula is C21H39N5O. The van der Waals surface area contributed by atoms with Crippen LogP contribution in [0.3, 0.4) is 0 Å². The summed E-state index contributed by atoms with van der Waals surface area (Å²) in [6, 6.07) is 0.0686. The van der Waals surface area contributed by atoms with E-state index in [4.69, 9.17) is 4.99 Å². The van der Waals surface area contributed by atoms with Crippen molar-refractivity contribution in [2.45, 2.75) is 64.3 Å². The molecular weight excluding hydrogens is 338 g/mol. The van der Waals surface area contributed by atoms with Gasteiger partial charge in [0, 0.05) is 40.3 Å². The maximum Gasteiger partial charge on any atom is 0.239 e. The molecule has 1 aliphatic heterocycles. The average Bonchev–Trinajstić information content (AvgIpc) is 3.13. The minimum absolute atomic E-state index is 0.0686. The van der Waals surface area contributed by atoms with Crippen molar-refractivity contribution >= 4 is 11.9 Å². The van der Waals surface area contributed by atoms with E-state index in [1.807, 2.05) is 14.1 Å². The van der Waals surface area contributed by atoms with Crippen LogP contribution in [0.2, 0.25) is 0 Å². The number of aliphatic imine (C=N–C) groups is 1. The van der Waals surface area contributed by atoms with Crippen LogP contribution in [0.25, 0.3) is 0 Å². The third-order valence-corrected chi connectivity index (χ3v) is 5.43. The fourth-order valence-corrected chi connectivity index (χ4v) is 3.95. The second-order valence-electron chi connectivity index (χ2n) is 7.83. The Morgan fingerprint density at radius 1 is 1.30 bits per heavy atom. The van der Waals surface area contributed by atoms with E-state index in [-0.39, 0.29) is 11.9 Å². The second kappa shape index (κ2) is 12.0. The lowest BCUT2D eigenvalue weighted by Gasteiger charge is -2.25. The highest BCUT2D eigenvalue weighted by Gasteiger charge is 2.30. The van der Waals surface area contributed by atoms with E-state index in [0.29, 0.717) is 0 Å². The predicted octanol–water partition coefficient (Wildman–Crippen LogP) is 2.37. The molecule has 27 heavy (non-hydrogen) atoms. The van der Waals surface area contributed by atoms with Gasteiger partial charge in [0.05, 0.1) is 6.04 Å². The average molecular weight is 378 g/mol. The molecule has 1 atom stereocenters. The monoisotopic (exact) mass is 377 g/mol. The first-order chi connectivity index (χ1) is 13.1. The summed E-state index contributed by atoms with van der Waals surface area (Å²) >= 11 is 0. The van der Waals surface area contributed by atoms with Crippen molar-refractivity contribution < 1.29 is 4.79 Å². The molecule has 1 saturated heterocycles. The minimum atomic E-state index is 0.0686. The first-order valence-electron chi connectivity index (χ1n) is 10.8. The number of carbonyl (C=O) groups is 1. The molecule has 1 unspecified atom stereocenters. The van der Waals surface area contributed by atoms with Gasteiger partial charge in [-0.05, 0) is 64.8 Å². The summed E-state index contributed by atoms with van der Waals surface area (Å²) in [7, 11) is 3.70. The van der Waals surface area contributed by atoms with E-state index in [2.05, 4.69) is 28.5 Å². The number of guanidine groups is 1. The number of rotatable bonds is 9. The number of nitrogens with one attached hydrogen (secondary N) is 2. The highest BCUT2D eigenvalue weighted by atomic mass is 16.2. The van der Waals surface area contributed by atoms with Crippen molar-refractivity contribution in [3.05, 3.63) is 11.6 Å². The van der Waals surface area contributed by atoms with E-state index in [1.54, 1.807) is 10.5 Å². The van der Waals surface area contributed by atoms with E-state index >= 15 is 0 Å². The third-order valence-electron chi connectivity index (χ3n) is 5.43. The lowest BCUT2D eigenvalue weighted by atomic mass is 9.97. The van der Waals surface area contributed by atoms with Crippen LogP contribution in [0.5, 0.6) is 0 Å². The van der Waals surface area contributed by atoms with Crippen molar-refractivity contribution in [1.29, 1.82) is 0 Å². The van der Waals surface area contributed by atoms with Crippen LogP contribution in [0.1, 0.15) is 58.3 Å². The standard InChI is InChI=1S/C21H39N5O/c1-4-22-21(24-15-13-18-10-6-5-7-11-18)23-14-9-17-26-16-8-12-19(26)20(27)25(2)3/h10,19H,4-9,11-17H2,1-3H3,(H2,22,23,24). The molecule has 0 aromatic rings. The first kappa shape index (κ1) is 21.7. The number of likely N-dealkylation sites (tertiary alicyclic amines) is 1. The first-order valence-corrected chi connectivity index (χ1v) is 10.8. The molecule has 2 rings (SSSR count). The molecule has 1 aliphatic carbocycles. The number of nitrogens with zero attached hydrogens (tertiary/aromatic N) is 3. The van der Waals surface area contributed by atoms with Gasteiger partial charge in [-0.1, -0.05) is 11.6 Å². The Hall–Kier alpha value is -1.56. The van der Waals surface area contributed by atoms with Crippen LogP contribution < -0.4 is 10.6 Å². The van der Waals surface area contributed by atoms with E-state index in [1.165, 1.54) is 25.7 Å². The summed E-state index contributed by atoms with van der Waals surface area (Å²) in [5.74, 6) is 1.15. The minimum Gasteiger partial charge on any atom is -0.357 e. The van der Waals surface area contributed by atoms with Gasteiger partial charge < -0.3 is 15.5 Å². The molecule has 6 nitrogen and oxygen atoms in total. The fourth-order valence-electron chi connectivity index (χ4n) is 3.95. The molecule has 1 fully saturated rings. The maximum absolute atomic E-state index is 12.3. The quantitative estimate of drug-likeness (QED) is 0.280. The zero-order valence-electron chi connectivity index (χ0n) is 17.6. The van der Waals surface area contributed by atoms with Crippen LogP contribution in [0.4, 0.5) is 0 Å². The molecule has 154 valence electrons. The van der Waals surface area contributed by atoms with Gasteiger partial charge >= 0.3 is 0 Å². The molecule has 0 radical (unpaired) electrons. The largest absolute Gasteiger partial charge is 0.357 e. The molecule has 0 aromatic heterocycles. The topological polar surface area (TPSA) is 60.0 Å². The number of allylic oxidation sites excluding steroid dienone is 1. The van der Waals surface area contributed by atoms with Crippen molar-refractivity contribution in [1.82, 2.24) is 20.4 Å². The third kappa shape index (κ3) is 7.53. The number of amides is 1. The van der Waals surface area contributed by atoms with Crippen molar-refractivity contribution in [3.8, 4) is 0 Å². The summed E-state index contributed by atoms with van der Waals surface area (Å²) in [6.07, 6.45) is 11.8. The molecule has 2 aliphatic rings. The van der Waals surface area contributed by atoms with Gasteiger partial charge in [0.2, 0.25) is 5.91 Å². The Morgan fingerprint density at radius 3 is 2.85 bits per heavy atom. The Bertz CT molecular complexity index is 515. The van der Waals surface area contributed by atoms with Gasteiger partial charge in [-0.3, -0.25) is 14.7 Å². The van der Waals surface area contributed by atoms with E-state index in [9.17, 15) is 4.79 Å². The Morgan fingerprint density at radius 2 is 2.15 bits per heavy atom. The molecule has 2 N–H and O–H groups in total.